The molecule has 25 heavy (non-hydrogen) atoms. The Morgan fingerprint density at radius 3 is 2.52 bits per heavy atom. The van der Waals surface area contributed by atoms with Crippen molar-refractivity contribution in [3.05, 3.63) is 77.3 Å². The van der Waals surface area contributed by atoms with Gasteiger partial charge in [0, 0.05) is 10.7 Å². The van der Waals surface area contributed by atoms with Crippen molar-refractivity contribution in [3.8, 4) is 0 Å². The minimum Gasteiger partial charge on any atom is -0.455 e. The summed E-state index contributed by atoms with van der Waals surface area (Å²) in [4.78, 5) is 23.8. The summed E-state index contributed by atoms with van der Waals surface area (Å²) in [5, 5.41) is 5.32. The first kappa shape index (κ1) is 17.0. The Morgan fingerprint density at radius 2 is 1.72 bits per heavy atom. The van der Waals surface area contributed by atoms with Crippen molar-refractivity contribution in [3.63, 3.8) is 0 Å². The van der Waals surface area contributed by atoms with E-state index in [9.17, 15) is 9.59 Å². The molecule has 1 N–H and O–H groups in total. The molecule has 0 heterocycles. The molecule has 0 saturated heterocycles. The smallest absolute Gasteiger partial charge is 0.310 e. The molecule has 0 aromatic heterocycles. The number of hydrogen-bond acceptors (Lipinski definition) is 3. The van der Waals surface area contributed by atoms with Crippen molar-refractivity contribution in [1.29, 1.82) is 0 Å². The zero-order valence-corrected chi connectivity index (χ0v) is 14.1. The number of hydrogen-bond donors (Lipinski definition) is 1. The van der Waals surface area contributed by atoms with E-state index < -0.39 is 11.9 Å². The van der Waals surface area contributed by atoms with Crippen LogP contribution in [0.15, 0.2) is 66.7 Å². The van der Waals surface area contributed by atoms with E-state index in [4.69, 9.17) is 16.3 Å². The van der Waals surface area contributed by atoms with E-state index in [1.54, 1.807) is 24.3 Å². The van der Waals surface area contributed by atoms with Gasteiger partial charge in [0.05, 0.1) is 6.42 Å². The number of anilines is 1. The lowest BCUT2D eigenvalue weighted by atomic mass is 10.1. The Labute approximate surface area is 150 Å². The van der Waals surface area contributed by atoms with Crippen molar-refractivity contribution < 1.29 is 14.3 Å². The van der Waals surface area contributed by atoms with Crippen molar-refractivity contribution in [2.45, 2.75) is 6.42 Å². The lowest BCUT2D eigenvalue weighted by Crippen LogP contribution is -2.21. The molecule has 0 bridgehead atoms. The average molecular weight is 354 g/mol. The summed E-state index contributed by atoms with van der Waals surface area (Å²) in [5.74, 6) is -0.856. The second-order valence-corrected chi connectivity index (χ2v) is 6.01. The highest BCUT2D eigenvalue weighted by Crippen LogP contribution is 2.16. The van der Waals surface area contributed by atoms with E-state index in [2.05, 4.69) is 5.32 Å². The molecule has 3 rings (SSSR count). The van der Waals surface area contributed by atoms with Crippen molar-refractivity contribution in [2.24, 2.45) is 0 Å². The van der Waals surface area contributed by atoms with Crippen LogP contribution in [0.25, 0.3) is 10.8 Å². The summed E-state index contributed by atoms with van der Waals surface area (Å²) in [7, 11) is 0. The Hall–Kier alpha value is -2.85. The van der Waals surface area contributed by atoms with Crippen LogP contribution in [0.2, 0.25) is 5.02 Å². The van der Waals surface area contributed by atoms with Crippen LogP contribution in [0.4, 0.5) is 5.69 Å². The Kier molecular flexibility index (Phi) is 5.31. The largest absolute Gasteiger partial charge is 0.455 e. The number of fused-ring (bicyclic) bond motifs is 1. The number of rotatable bonds is 5. The summed E-state index contributed by atoms with van der Waals surface area (Å²) >= 11 is 5.85. The van der Waals surface area contributed by atoms with Crippen LogP contribution in [0.3, 0.4) is 0 Å². The molecule has 0 spiro atoms. The second kappa shape index (κ2) is 7.81. The third-order valence-electron chi connectivity index (χ3n) is 3.63. The number of benzene rings is 3. The third kappa shape index (κ3) is 4.81. The second-order valence-electron chi connectivity index (χ2n) is 5.58. The molecule has 0 saturated carbocycles. The van der Waals surface area contributed by atoms with Crippen LogP contribution in [0.5, 0.6) is 0 Å². The maximum Gasteiger partial charge on any atom is 0.310 e. The number of nitrogens with one attached hydrogen (secondary N) is 1. The molecular formula is C20H16ClNO3. The molecule has 0 unspecified atom stereocenters. The normalized spacial score (nSPS) is 10.4. The standard InChI is InChI=1S/C20H16ClNO3/c21-17-6-3-7-18(12-17)22-19(23)13-25-20(24)11-14-8-9-15-4-1-2-5-16(15)10-14/h1-10,12H,11,13H2,(H,22,23). The van der Waals surface area contributed by atoms with Crippen LogP contribution < -0.4 is 5.32 Å². The molecule has 0 fully saturated rings. The van der Waals surface area contributed by atoms with Crippen LogP contribution in [-0.2, 0) is 20.7 Å². The Morgan fingerprint density at radius 1 is 0.920 bits per heavy atom. The van der Waals surface area contributed by atoms with Crippen LogP contribution in [0.1, 0.15) is 5.56 Å². The summed E-state index contributed by atoms with van der Waals surface area (Å²) in [6.07, 6.45) is 0.120. The first-order valence-electron chi connectivity index (χ1n) is 7.79. The SMILES string of the molecule is O=C(COC(=O)Cc1ccc2ccccc2c1)Nc1cccc(Cl)c1. The minimum absolute atomic E-state index is 0.120. The molecule has 3 aromatic carbocycles. The van der Waals surface area contributed by atoms with Gasteiger partial charge in [0.25, 0.3) is 5.91 Å². The van der Waals surface area contributed by atoms with E-state index in [0.29, 0.717) is 10.7 Å². The van der Waals surface area contributed by atoms with Gasteiger partial charge in [0.15, 0.2) is 6.61 Å². The number of carbonyl (C=O) groups is 2. The highest BCUT2D eigenvalue weighted by Gasteiger charge is 2.09. The van der Waals surface area contributed by atoms with Gasteiger partial charge < -0.3 is 10.1 Å². The zero-order chi connectivity index (χ0) is 17.6. The number of esters is 1. The van der Waals surface area contributed by atoms with E-state index >= 15 is 0 Å². The van der Waals surface area contributed by atoms with Gasteiger partial charge in [-0.05, 0) is 34.5 Å². The first-order chi connectivity index (χ1) is 12.1. The van der Waals surface area contributed by atoms with Gasteiger partial charge in [0.2, 0.25) is 0 Å². The maximum atomic E-state index is 11.9. The molecule has 4 nitrogen and oxygen atoms in total. The molecule has 0 aliphatic carbocycles. The molecule has 5 heteroatoms. The quantitative estimate of drug-likeness (QED) is 0.699. The Balaban J connectivity index is 1.52. The van der Waals surface area contributed by atoms with E-state index in [-0.39, 0.29) is 13.0 Å². The highest BCUT2D eigenvalue weighted by molar-refractivity contribution is 6.30. The van der Waals surface area contributed by atoms with E-state index in [0.717, 1.165) is 16.3 Å². The third-order valence-corrected chi connectivity index (χ3v) is 3.87. The summed E-state index contributed by atoms with van der Waals surface area (Å²) in [5.41, 5.74) is 1.40. The summed E-state index contributed by atoms with van der Waals surface area (Å²) in [6, 6.07) is 20.5. The summed E-state index contributed by atoms with van der Waals surface area (Å²) < 4.78 is 5.04. The van der Waals surface area contributed by atoms with Crippen LogP contribution >= 0.6 is 11.6 Å². The molecule has 1 amide bonds. The fourth-order valence-corrected chi connectivity index (χ4v) is 2.67. The zero-order valence-electron chi connectivity index (χ0n) is 13.4. The molecule has 0 radical (unpaired) electrons. The van der Waals surface area contributed by atoms with Crippen molar-refractivity contribution >= 4 is 39.9 Å². The lowest BCUT2D eigenvalue weighted by Gasteiger charge is -2.07. The van der Waals surface area contributed by atoms with Crippen molar-refractivity contribution in [2.75, 3.05) is 11.9 Å². The fraction of sp³-hybridized carbons (Fsp3) is 0.100. The van der Waals surface area contributed by atoms with Gasteiger partial charge in [-0.25, -0.2) is 0 Å². The van der Waals surface area contributed by atoms with Gasteiger partial charge in [-0.3, -0.25) is 9.59 Å². The van der Waals surface area contributed by atoms with Gasteiger partial charge in [-0.1, -0.05) is 60.1 Å². The highest BCUT2D eigenvalue weighted by atomic mass is 35.5. The molecule has 3 aromatic rings. The maximum absolute atomic E-state index is 11.9. The minimum atomic E-state index is -0.448. The fourth-order valence-electron chi connectivity index (χ4n) is 2.48. The molecule has 0 aliphatic rings. The lowest BCUT2D eigenvalue weighted by molar-refractivity contribution is -0.146. The van der Waals surface area contributed by atoms with Gasteiger partial charge in [-0.2, -0.15) is 0 Å². The molecule has 126 valence electrons. The first-order valence-corrected chi connectivity index (χ1v) is 8.17. The van der Waals surface area contributed by atoms with Gasteiger partial charge in [-0.15, -0.1) is 0 Å². The average Bonchev–Trinajstić information content (AvgIpc) is 2.60. The predicted octanol–water partition coefficient (Wildman–Crippen LogP) is 4.22. The topological polar surface area (TPSA) is 55.4 Å². The van der Waals surface area contributed by atoms with Gasteiger partial charge >= 0.3 is 5.97 Å². The molecule has 0 atom stereocenters. The predicted molar refractivity (Wildman–Crippen MR) is 98.7 cm³/mol. The summed E-state index contributed by atoms with van der Waals surface area (Å²) in [6.45, 7) is -0.334. The van der Waals surface area contributed by atoms with E-state index in [1.807, 2.05) is 42.5 Å². The number of ether oxygens (including phenoxy) is 1. The van der Waals surface area contributed by atoms with Crippen molar-refractivity contribution in [1.82, 2.24) is 0 Å². The van der Waals surface area contributed by atoms with Crippen LogP contribution in [-0.4, -0.2) is 18.5 Å². The number of amides is 1. The Bertz CT molecular complexity index is 923. The van der Waals surface area contributed by atoms with Crippen LogP contribution in [0, 0.1) is 0 Å². The van der Waals surface area contributed by atoms with Gasteiger partial charge in [0.1, 0.15) is 0 Å². The molecular weight excluding hydrogens is 338 g/mol. The monoisotopic (exact) mass is 353 g/mol. The molecule has 0 aliphatic heterocycles. The number of carbonyl (C=O) groups excluding carboxylic acids is 2. The van der Waals surface area contributed by atoms with E-state index in [1.165, 1.54) is 0 Å². The number of halogens is 1.